The topological polar surface area (TPSA) is 41.1 Å². The van der Waals surface area contributed by atoms with Gasteiger partial charge in [-0.15, -0.1) is 0 Å². The molecule has 2 N–H and O–H groups in total. The van der Waals surface area contributed by atoms with Crippen LogP contribution in [0.15, 0.2) is 18.2 Å². The molecule has 1 heterocycles. The molecule has 3 nitrogen and oxygen atoms in total. The molecule has 0 saturated carbocycles. The van der Waals surface area contributed by atoms with Gasteiger partial charge in [0.25, 0.3) is 5.91 Å². The highest BCUT2D eigenvalue weighted by atomic mass is 19.1. The van der Waals surface area contributed by atoms with Crippen LogP contribution in [0.3, 0.4) is 0 Å². The first kappa shape index (κ1) is 13.0. The number of nitrogens with one attached hydrogen (secondary N) is 2. The van der Waals surface area contributed by atoms with Gasteiger partial charge in [-0.3, -0.25) is 4.79 Å². The van der Waals surface area contributed by atoms with Gasteiger partial charge in [-0.1, -0.05) is 13.0 Å². The van der Waals surface area contributed by atoms with Crippen LogP contribution >= 0.6 is 0 Å². The smallest absolute Gasteiger partial charge is 0.251 e. The summed E-state index contributed by atoms with van der Waals surface area (Å²) in [6.07, 6.45) is 1.05. The van der Waals surface area contributed by atoms with E-state index >= 15 is 0 Å². The van der Waals surface area contributed by atoms with Crippen LogP contribution in [0.4, 0.5) is 4.39 Å². The van der Waals surface area contributed by atoms with Gasteiger partial charge in [0.15, 0.2) is 0 Å². The first-order valence-electron chi connectivity index (χ1n) is 6.35. The quantitative estimate of drug-likeness (QED) is 0.841. The van der Waals surface area contributed by atoms with E-state index in [4.69, 9.17) is 0 Å². The summed E-state index contributed by atoms with van der Waals surface area (Å²) in [5, 5.41) is 6.24. The third-order valence-corrected chi connectivity index (χ3v) is 3.59. The molecule has 1 aliphatic rings. The Balaban J connectivity index is 2.09. The summed E-state index contributed by atoms with van der Waals surface area (Å²) in [4.78, 5) is 12.1. The van der Waals surface area contributed by atoms with Crippen LogP contribution in [0.2, 0.25) is 0 Å². The minimum absolute atomic E-state index is 0.119. The maximum Gasteiger partial charge on any atom is 0.251 e. The summed E-state index contributed by atoms with van der Waals surface area (Å²) >= 11 is 0. The maximum absolute atomic E-state index is 13.2. The largest absolute Gasteiger partial charge is 0.348 e. The van der Waals surface area contributed by atoms with Crippen molar-refractivity contribution in [1.82, 2.24) is 10.6 Å². The highest BCUT2D eigenvalue weighted by Crippen LogP contribution is 2.14. The molecule has 98 valence electrons. The van der Waals surface area contributed by atoms with E-state index in [-0.39, 0.29) is 17.8 Å². The molecular formula is C14H19FN2O. The fraction of sp³-hybridized carbons (Fsp3) is 0.500. The standard InChI is InChI=1S/C14H19FN2O/c1-9-3-4-11(15)7-12(9)14(18)17-13-8-16-6-5-10(13)2/h3-4,7,10,13,16H,5-6,8H2,1-2H3,(H,17,18)/t10-,13-/m0/s1. The molecule has 1 aliphatic heterocycles. The average molecular weight is 250 g/mol. The van der Waals surface area contributed by atoms with Gasteiger partial charge in [-0.05, 0) is 43.5 Å². The van der Waals surface area contributed by atoms with Crippen molar-refractivity contribution in [3.63, 3.8) is 0 Å². The minimum atomic E-state index is -0.374. The summed E-state index contributed by atoms with van der Waals surface area (Å²) in [5.74, 6) is -0.114. The molecule has 1 fully saturated rings. The Morgan fingerprint density at radius 2 is 2.28 bits per heavy atom. The van der Waals surface area contributed by atoms with E-state index in [0.29, 0.717) is 11.5 Å². The van der Waals surface area contributed by atoms with Gasteiger partial charge in [-0.2, -0.15) is 0 Å². The molecule has 1 aromatic carbocycles. The molecule has 0 radical (unpaired) electrons. The van der Waals surface area contributed by atoms with Crippen LogP contribution in [-0.2, 0) is 0 Å². The van der Waals surface area contributed by atoms with Gasteiger partial charge >= 0.3 is 0 Å². The zero-order valence-electron chi connectivity index (χ0n) is 10.8. The molecule has 0 aliphatic carbocycles. The Morgan fingerprint density at radius 1 is 1.50 bits per heavy atom. The number of hydrogen-bond acceptors (Lipinski definition) is 2. The first-order chi connectivity index (χ1) is 8.58. The number of amides is 1. The monoisotopic (exact) mass is 250 g/mol. The lowest BCUT2D eigenvalue weighted by molar-refractivity contribution is 0.0914. The van der Waals surface area contributed by atoms with Gasteiger partial charge in [0.1, 0.15) is 5.82 Å². The number of halogens is 1. The minimum Gasteiger partial charge on any atom is -0.348 e. The van der Waals surface area contributed by atoms with Gasteiger partial charge in [0, 0.05) is 18.2 Å². The molecule has 1 amide bonds. The van der Waals surface area contributed by atoms with E-state index in [1.165, 1.54) is 12.1 Å². The molecule has 2 atom stereocenters. The van der Waals surface area contributed by atoms with Gasteiger partial charge in [0.2, 0.25) is 0 Å². The van der Waals surface area contributed by atoms with Crippen LogP contribution in [0.5, 0.6) is 0 Å². The Bertz CT molecular complexity index is 447. The van der Waals surface area contributed by atoms with E-state index in [0.717, 1.165) is 25.1 Å². The van der Waals surface area contributed by atoms with Crippen molar-refractivity contribution in [3.8, 4) is 0 Å². The molecule has 0 spiro atoms. The predicted octanol–water partition coefficient (Wildman–Crippen LogP) is 1.86. The van der Waals surface area contributed by atoms with Gasteiger partial charge in [-0.25, -0.2) is 4.39 Å². The Hall–Kier alpha value is -1.42. The lowest BCUT2D eigenvalue weighted by atomic mass is 9.94. The first-order valence-corrected chi connectivity index (χ1v) is 6.35. The SMILES string of the molecule is Cc1ccc(F)cc1C(=O)N[C@H]1CNCC[C@@H]1C. The van der Waals surface area contributed by atoms with Crippen LogP contribution < -0.4 is 10.6 Å². The number of aryl methyl sites for hydroxylation is 1. The third-order valence-electron chi connectivity index (χ3n) is 3.59. The second kappa shape index (κ2) is 5.48. The zero-order chi connectivity index (χ0) is 13.1. The normalized spacial score (nSPS) is 23.7. The summed E-state index contributed by atoms with van der Waals surface area (Å²) < 4.78 is 13.2. The summed E-state index contributed by atoms with van der Waals surface area (Å²) in [7, 11) is 0. The van der Waals surface area contributed by atoms with Crippen molar-refractivity contribution in [3.05, 3.63) is 35.1 Å². The molecule has 1 aromatic rings. The van der Waals surface area contributed by atoms with Gasteiger partial charge in [0.05, 0.1) is 0 Å². The van der Waals surface area contributed by atoms with Crippen molar-refractivity contribution in [2.75, 3.05) is 13.1 Å². The molecule has 0 unspecified atom stereocenters. The zero-order valence-corrected chi connectivity index (χ0v) is 10.8. The van der Waals surface area contributed by atoms with Crippen molar-refractivity contribution in [1.29, 1.82) is 0 Å². The highest BCUT2D eigenvalue weighted by Gasteiger charge is 2.23. The van der Waals surface area contributed by atoms with E-state index in [9.17, 15) is 9.18 Å². The second-order valence-corrected chi connectivity index (χ2v) is 5.01. The fourth-order valence-corrected chi connectivity index (χ4v) is 2.27. The third kappa shape index (κ3) is 2.88. The van der Waals surface area contributed by atoms with Gasteiger partial charge < -0.3 is 10.6 Å². The molecule has 2 rings (SSSR count). The molecular weight excluding hydrogens is 231 g/mol. The van der Waals surface area contributed by atoms with E-state index in [1.54, 1.807) is 6.07 Å². The number of hydrogen-bond donors (Lipinski definition) is 2. The van der Waals surface area contributed by atoms with Crippen LogP contribution in [0.1, 0.15) is 29.3 Å². The van der Waals surface area contributed by atoms with Crippen LogP contribution in [0.25, 0.3) is 0 Å². The van der Waals surface area contributed by atoms with Crippen LogP contribution in [-0.4, -0.2) is 25.0 Å². The maximum atomic E-state index is 13.2. The summed E-state index contributed by atoms with van der Waals surface area (Å²) in [6.45, 7) is 5.72. The van der Waals surface area contributed by atoms with Crippen molar-refractivity contribution >= 4 is 5.91 Å². The second-order valence-electron chi connectivity index (χ2n) is 5.01. The van der Waals surface area contributed by atoms with Crippen molar-refractivity contribution in [2.24, 2.45) is 5.92 Å². The number of piperidine rings is 1. The molecule has 18 heavy (non-hydrogen) atoms. The molecule has 4 heteroatoms. The lowest BCUT2D eigenvalue weighted by Crippen LogP contribution is -2.50. The van der Waals surface area contributed by atoms with Crippen molar-refractivity contribution in [2.45, 2.75) is 26.3 Å². The predicted molar refractivity (Wildman–Crippen MR) is 69.0 cm³/mol. The molecule has 0 bridgehead atoms. The molecule has 0 aromatic heterocycles. The highest BCUT2D eigenvalue weighted by molar-refractivity contribution is 5.95. The number of carbonyl (C=O) groups excluding carboxylic acids is 1. The van der Waals surface area contributed by atoms with E-state index in [2.05, 4.69) is 17.6 Å². The number of benzene rings is 1. The van der Waals surface area contributed by atoms with E-state index in [1.807, 2.05) is 6.92 Å². The Morgan fingerprint density at radius 3 is 3.00 bits per heavy atom. The Labute approximate surface area is 107 Å². The summed E-state index contributed by atoms with van der Waals surface area (Å²) in [5.41, 5.74) is 1.22. The number of rotatable bonds is 2. The lowest BCUT2D eigenvalue weighted by Gasteiger charge is -2.30. The van der Waals surface area contributed by atoms with E-state index < -0.39 is 0 Å². The number of carbonyl (C=O) groups is 1. The average Bonchev–Trinajstić information content (AvgIpc) is 2.35. The molecule has 1 saturated heterocycles. The fourth-order valence-electron chi connectivity index (χ4n) is 2.27. The summed E-state index contributed by atoms with van der Waals surface area (Å²) in [6, 6.07) is 4.42. The van der Waals surface area contributed by atoms with Crippen molar-refractivity contribution < 1.29 is 9.18 Å². The van der Waals surface area contributed by atoms with Crippen LogP contribution in [0, 0.1) is 18.7 Å². The Kier molecular flexibility index (Phi) is 3.97.